The second-order valence-corrected chi connectivity index (χ2v) is 6.69. The third-order valence-corrected chi connectivity index (χ3v) is 5.03. The van der Waals surface area contributed by atoms with E-state index in [4.69, 9.17) is 0 Å². The van der Waals surface area contributed by atoms with Gasteiger partial charge in [0.15, 0.2) is 5.96 Å². The van der Waals surface area contributed by atoms with Crippen molar-refractivity contribution in [1.82, 2.24) is 19.8 Å². The normalized spacial score (nSPS) is 14.5. The lowest BCUT2D eigenvalue weighted by Crippen LogP contribution is -2.44. The number of guanidine groups is 1. The van der Waals surface area contributed by atoms with Crippen molar-refractivity contribution in [2.45, 2.75) is 25.9 Å². The van der Waals surface area contributed by atoms with E-state index in [9.17, 15) is 0 Å². The average molecular weight is 347 g/mol. The number of nitrogens with one attached hydrogen (secondary N) is 1. The second kappa shape index (κ2) is 7.60. The fraction of sp³-hybridized carbons (Fsp3) is 0.333. The molecule has 0 atom stereocenters. The summed E-state index contributed by atoms with van der Waals surface area (Å²) in [6.07, 6.45) is 4.04. The summed E-state index contributed by atoms with van der Waals surface area (Å²) in [6.45, 7) is 3.80. The van der Waals surface area contributed by atoms with Gasteiger partial charge in [-0.25, -0.2) is 4.98 Å². The van der Waals surface area contributed by atoms with Gasteiger partial charge in [-0.1, -0.05) is 36.4 Å². The van der Waals surface area contributed by atoms with Crippen molar-refractivity contribution in [3.8, 4) is 0 Å². The molecule has 0 aliphatic carbocycles. The summed E-state index contributed by atoms with van der Waals surface area (Å²) in [5.74, 6) is 0.995. The Kier molecular flexibility index (Phi) is 4.86. The van der Waals surface area contributed by atoms with Crippen LogP contribution in [0, 0.1) is 0 Å². The summed E-state index contributed by atoms with van der Waals surface area (Å²) in [7, 11) is 1.87. The summed E-state index contributed by atoms with van der Waals surface area (Å²) < 4.78 is 2.22. The van der Waals surface area contributed by atoms with Crippen LogP contribution in [-0.2, 0) is 19.5 Å². The highest BCUT2D eigenvalue weighted by molar-refractivity contribution is 5.80. The molecule has 2 aromatic carbocycles. The number of rotatable bonds is 4. The third kappa shape index (κ3) is 3.43. The third-order valence-electron chi connectivity index (χ3n) is 5.03. The van der Waals surface area contributed by atoms with Gasteiger partial charge in [0, 0.05) is 33.2 Å². The van der Waals surface area contributed by atoms with E-state index in [2.05, 4.69) is 67.2 Å². The molecule has 1 aliphatic heterocycles. The van der Waals surface area contributed by atoms with Gasteiger partial charge in [0.2, 0.25) is 0 Å². The maximum absolute atomic E-state index is 4.48. The molecule has 0 fully saturated rings. The number of hydrogen-bond acceptors (Lipinski definition) is 2. The Morgan fingerprint density at radius 1 is 1.12 bits per heavy atom. The van der Waals surface area contributed by atoms with E-state index in [-0.39, 0.29) is 0 Å². The first-order chi connectivity index (χ1) is 12.8. The van der Waals surface area contributed by atoms with Gasteiger partial charge >= 0.3 is 0 Å². The van der Waals surface area contributed by atoms with Crippen LogP contribution in [0.15, 0.2) is 59.9 Å². The van der Waals surface area contributed by atoms with Gasteiger partial charge in [0.05, 0.1) is 17.4 Å². The molecular weight excluding hydrogens is 322 g/mol. The van der Waals surface area contributed by atoms with Gasteiger partial charge in [-0.3, -0.25) is 4.99 Å². The van der Waals surface area contributed by atoms with E-state index in [0.717, 1.165) is 50.5 Å². The van der Waals surface area contributed by atoms with E-state index in [1.807, 2.05) is 19.4 Å². The van der Waals surface area contributed by atoms with Crippen molar-refractivity contribution in [2.75, 3.05) is 20.1 Å². The van der Waals surface area contributed by atoms with Crippen LogP contribution < -0.4 is 5.32 Å². The smallest absolute Gasteiger partial charge is 0.193 e. The summed E-state index contributed by atoms with van der Waals surface area (Å²) in [6, 6.07) is 17.0. The molecule has 1 aromatic heterocycles. The van der Waals surface area contributed by atoms with Gasteiger partial charge in [0.25, 0.3) is 0 Å². The predicted octanol–water partition coefficient (Wildman–Crippen LogP) is 3.06. The van der Waals surface area contributed by atoms with Crippen LogP contribution in [0.2, 0.25) is 0 Å². The van der Waals surface area contributed by atoms with E-state index in [1.165, 1.54) is 16.6 Å². The fourth-order valence-electron chi connectivity index (χ4n) is 3.65. The molecule has 0 radical (unpaired) electrons. The molecule has 5 heteroatoms. The zero-order valence-electron chi connectivity index (χ0n) is 15.2. The van der Waals surface area contributed by atoms with Crippen LogP contribution in [0.5, 0.6) is 0 Å². The minimum Gasteiger partial charge on any atom is -0.356 e. The molecule has 1 N–H and O–H groups in total. The number of benzene rings is 2. The molecule has 2 heterocycles. The minimum atomic E-state index is 0.900. The molecule has 1 aliphatic rings. The molecular formula is C21H25N5. The highest BCUT2D eigenvalue weighted by Crippen LogP contribution is 2.18. The van der Waals surface area contributed by atoms with Crippen molar-refractivity contribution < 1.29 is 0 Å². The van der Waals surface area contributed by atoms with Crippen LogP contribution >= 0.6 is 0 Å². The maximum Gasteiger partial charge on any atom is 0.193 e. The van der Waals surface area contributed by atoms with Gasteiger partial charge in [-0.05, 0) is 36.1 Å². The van der Waals surface area contributed by atoms with E-state index < -0.39 is 0 Å². The molecule has 0 spiro atoms. The molecule has 26 heavy (non-hydrogen) atoms. The first kappa shape index (κ1) is 16.6. The first-order valence-electron chi connectivity index (χ1n) is 9.27. The number of hydrogen-bond donors (Lipinski definition) is 1. The lowest BCUT2D eigenvalue weighted by molar-refractivity contribution is 0.378. The van der Waals surface area contributed by atoms with E-state index in [1.54, 1.807) is 0 Å². The molecule has 0 saturated heterocycles. The van der Waals surface area contributed by atoms with Crippen molar-refractivity contribution in [3.63, 3.8) is 0 Å². The number of para-hydroxylation sites is 2. The lowest BCUT2D eigenvalue weighted by atomic mass is 10.0. The van der Waals surface area contributed by atoms with E-state index >= 15 is 0 Å². The SMILES string of the molecule is CN=C(NCCCn1cnc2ccccc21)N1CCc2ccccc2C1. The van der Waals surface area contributed by atoms with Crippen LogP contribution in [0.25, 0.3) is 11.0 Å². The number of aromatic nitrogens is 2. The molecule has 4 rings (SSSR count). The largest absolute Gasteiger partial charge is 0.356 e. The number of imidazole rings is 1. The quantitative estimate of drug-likeness (QED) is 0.448. The van der Waals surface area contributed by atoms with Crippen LogP contribution in [0.4, 0.5) is 0 Å². The second-order valence-electron chi connectivity index (χ2n) is 6.69. The zero-order chi connectivity index (χ0) is 17.8. The van der Waals surface area contributed by atoms with Crippen LogP contribution in [-0.4, -0.2) is 40.5 Å². The Morgan fingerprint density at radius 2 is 1.92 bits per heavy atom. The number of aryl methyl sites for hydroxylation is 1. The summed E-state index contributed by atoms with van der Waals surface area (Å²) >= 11 is 0. The monoisotopic (exact) mass is 347 g/mol. The molecule has 3 aromatic rings. The standard InChI is InChI=1S/C21H25N5/c1-22-21(25-14-11-17-7-2-3-8-18(17)15-25)23-12-6-13-26-16-24-19-9-4-5-10-20(19)26/h2-5,7-10,16H,6,11-15H2,1H3,(H,22,23). The highest BCUT2D eigenvalue weighted by Gasteiger charge is 2.18. The Balaban J connectivity index is 1.31. The average Bonchev–Trinajstić information content (AvgIpc) is 3.11. The minimum absolute atomic E-state index is 0.900. The molecule has 0 bridgehead atoms. The predicted molar refractivity (Wildman–Crippen MR) is 106 cm³/mol. The zero-order valence-corrected chi connectivity index (χ0v) is 15.2. The summed E-state index contributed by atoms with van der Waals surface area (Å²) in [5.41, 5.74) is 5.13. The Bertz CT molecular complexity index is 911. The van der Waals surface area contributed by atoms with E-state index in [0.29, 0.717) is 0 Å². The Hall–Kier alpha value is -2.82. The Labute approximate surface area is 154 Å². The molecule has 0 saturated carbocycles. The highest BCUT2D eigenvalue weighted by atomic mass is 15.3. The fourth-order valence-corrected chi connectivity index (χ4v) is 3.65. The molecule has 5 nitrogen and oxygen atoms in total. The summed E-state index contributed by atoms with van der Waals surface area (Å²) in [4.78, 5) is 11.3. The van der Waals surface area contributed by atoms with Crippen molar-refractivity contribution >= 4 is 17.0 Å². The topological polar surface area (TPSA) is 45.5 Å². The van der Waals surface area contributed by atoms with Crippen molar-refractivity contribution in [1.29, 1.82) is 0 Å². The number of nitrogens with zero attached hydrogens (tertiary/aromatic N) is 4. The maximum atomic E-state index is 4.48. The van der Waals surface area contributed by atoms with Gasteiger partial charge in [0.1, 0.15) is 0 Å². The Morgan fingerprint density at radius 3 is 2.81 bits per heavy atom. The molecule has 134 valence electrons. The number of aliphatic imine (C=N–C) groups is 1. The van der Waals surface area contributed by atoms with Crippen LogP contribution in [0.3, 0.4) is 0 Å². The van der Waals surface area contributed by atoms with Gasteiger partial charge in [-0.2, -0.15) is 0 Å². The lowest BCUT2D eigenvalue weighted by Gasteiger charge is -2.31. The first-order valence-corrected chi connectivity index (χ1v) is 9.27. The van der Waals surface area contributed by atoms with Crippen molar-refractivity contribution in [2.24, 2.45) is 4.99 Å². The molecule has 0 unspecified atom stereocenters. The van der Waals surface area contributed by atoms with Gasteiger partial charge in [-0.15, -0.1) is 0 Å². The van der Waals surface area contributed by atoms with Crippen LogP contribution in [0.1, 0.15) is 17.5 Å². The van der Waals surface area contributed by atoms with Gasteiger partial charge < -0.3 is 14.8 Å². The van der Waals surface area contributed by atoms with Crippen molar-refractivity contribution in [3.05, 3.63) is 66.0 Å². The summed E-state index contributed by atoms with van der Waals surface area (Å²) in [5, 5.41) is 3.52. The number of fused-ring (bicyclic) bond motifs is 2. The molecule has 0 amide bonds.